The van der Waals surface area contributed by atoms with E-state index in [2.05, 4.69) is 57.5 Å². The van der Waals surface area contributed by atoms with Crippen LogP contribution in [0.5, 0.6) is 0 Å². The molecule has 1 aromatic heterocycles. The molecule has 1 N–H and O–H groups in total. The second kappa shape index (κ2) is 6.31. The molecule has 1 aromatic carbocycles. The zero-order valence-corrected chi connectivity index (χ0v) is 15.9. The van der Waals surface area contributed by atoms with Crippen LogP contribution >= 0.6 is 59.4 Å². The van der Waals surface area contributed by atoms with E-state index in [1.165, 1.54) is 18.3 Å². The minimum Gasteiger partial charge on any atom is -0.277 e. The summed E-state index contributed by atoms with van der Waals surface area (Å²) in [6.45, 7) is 0. The zero-order chi connectivity index (χ0) is 14.9. The van der Waals surface area contributed by atoms with Crippen molar-refractivity contribution in [2.45, 2.75) is 4.90 Å². The summed E-state index contributed by atoms with van der Waals surface area (Å²) >= 11 is 15.6. The highest BCUT2D eigenvalue weighted by Crippen LogP contribution is 2.35. The minimum absolute atomic E-state index is 0.0311. The van der Waals surface area contributed by atoms with Crippen LogP contribution in [0.1, 0.15) is 0 Å². The Balaban J connectivity index is 2.41. The van der Waals surface area contributed by atoms with Gasteiger partial charge < -0.3 is 0 Å². The van der Waals surface area contributed by atoms with E-state index in [4.69, 9.17) is 11.6 Å². The molecule has 1 heterocycles. The van der Waals surface area contributed by atoms with Gasteiger partial charge in [0, 0.05) is 19.6 Å². The Morgan fingerprint density at radius 1 is 1.10 bits per heavy atom. The van der Waals surface area contributed by atoms with Gasteiger partial charge in [-0.15, -0.1) is 0 Å². The zero-order valence-electron chi connectivity index (χ0n) is 9.57. The fourth-order valence-electron chi connectivity index (χ4n) is 1.35. The summed E-state index contributed by atoms with van der Waals surface area (Å²) in [7, 11) is -3.73. The summed E-state index contributed by atoms with van der Waals surface area (Å²) in [5, 5.41) is 0.231. The van der Waals surface area contributed by atoms with Crippen molar-refractivity contribution >= 4 is 75.1 Å². The lowest BCUT2D eigenvalue weighted by atomic mass is 10.3. The standard InChI is InChI=1S/C11H6Br3ClN2O2S/c12-6-3-8(13)11(9(14)4-6)17-20(18,19)7-1-2-10(15)16-5-7/h1-5,17H. The van der Waals surface area contributed by atoms with E-state index in [-0.39, 0.29) is 10.0 Å². The first kappa shape index (κ1) is 16.2. The van der Waals surface area contributed by atoms with Gasteiger partial charge in [0.15, 0.2) is 0 Å². The molecule has 106 valence electrons. The van der Waals surface area contributed by atoms with Crippen LogP contribution in [0.15, 0.2) is 48.8 Å². The third-order valence-corrected chi connectivity index (χ3v) is 5.52. The molecule has 0 unspecified atom stereocenters. The number of anilines is 1. The Morgan fingerprint density at radius 2 is 1.70 bits per heavy atom. The normalized spacial score (nSPS) is 11.4. The lowest BCUT2D eigenvalue weighted by Crippen LogP contribution is -2.14. The van der Waals surface area contributed by atoms with Gasteiger partial charge in [0.1, 0.15) is 10.0 Å². The predicted octanol–water partition coefficient (Wildman–Crippen LogP) is 4.82. The van der Waals surface area contributed by atoms with Crippen molar-refractivity contribution in [1.82, 2.24) is 4.98 Å². The number of nitrogens with zero attached hydrogens (tertiary/aromatic N) is 1. The van der Waals surface area contributed by atoms with Gasteiger partial charge in [-0.25, -0.2) is 13.4 Å². The highest BCUT2D eigenvalue weighted by Gasteiger charge is 2.18. The molecule has 0 atom stereocenters. The van der Waals surface area contributed by atoms with Crippen molar-refractivity contribution < 1.29 is 8.42 Å². The molecule has 0 amide bonds. The summed E-state index contributed by atoms with van der Waals surface area (Å²) in [5.41, 5.74) is 0.406. The molecule has 2 rings (SSSR count). The largest absolute Gasteiger partial charge is 0.277 e. The third-order valence-electron chi connectivity index (χ3n) is 2.25. The molecule has 0 saturated heterocycles. The SMILES string of the molecule is O=S(=O)(Nc1c(Br)cc(Br)cc1Br)c1ccc(Cl)nc1. The minimum atomic E-state index is -3.73. The van der Waals surface area contributed by atoms with Crippen molar-refractivity contribution in [3.63, 3.8) is 0 Å². The van der Waals surface area contributed by atoms with Gasteiger partial charge in [0.25, 0.3) is 10.0 Å². The number of rotatable bonds is 3. The Morgan fingerprint density at radius 3 is 2.20 bits per heavy atom. The van der Waals surface area contributed by atoms with Crippen LogP contribution in [0, 0.1) is 0 Å². The lowest BCUT2D eigenvalue weighted by molar-refractivity contribution is 0.601. The van der Waals surface area contributed by atoms with Gasteiger partial charge >= 0.3 is 0 Å². The van der Waals surface area contributed by atoms with Crippen molar-refractivity contribution in [1.29, 1.82) is 0 Å². The number of aromatic nitrogens is 1. The van der Waals surface area contributed by atoms with E-state index in [9.17, 15) is 8.42 Å². The Labute approximate surface area is 146 Å². The maximum atomic E-state index is 12.3. The number of hydrogen-bond donors (Lipinski definition) is 1. The van der Waals surface area contributed by atoms with Gasteiger partial charge in [-0.2, -0.15) is 0 Å². The first-order valence-corrected chi connectivity index (χ1v) is 9.32. The molecule has 0 spiro atoms. The van der Waals surface area contributed by atoms with E-state index >= 15 is 0 Å². The van der Waals surface area contributed by atoms with Crippen LogP contribution in [0.25, 0.3) is 0 Å². The highest BCUT2D eigenvalue weighted by atomic mass is 79.9. The molecule has 0 fully saturated rings. The Hall–Kier alpha value is -0.150. The number of hydrogen-bond acceptors (Lipinski definition) is 3. The van der Waals surface area contributed by atoms with E-state index in [0.717, 1.165) is 4.47 Å². The fraction of sp³-hybridized carbons (Fsp3) is 0. The average molecular weight is 505 g/mol. The monoisotopic (exact) mass is 502 g/mol. The molecule has 9 heteroatoms. The van der Waals surface area contributed by atoms with Crippen molar-refractivity contribution in [3.05, 3.63) is 49.0 Å². The number of sulfonamides is 1. The van der Waals surface area contributed by atoms with E-state index in [1.54, 1.807) is 12.1 Å². The number of benzene rings is 1. The van der Waals surface area contributed by atoms with Gasteiger partial charge in [0.2, 0.25) is 0 Å². The molecule has 20 heavy (non-hydrogen) atoms. The molecule has 0 aliphatic rings. The van der Waals surface area contributed by atoms with Gasteiger partial charge in [-0.1, -0.05) is 27.5 Å². The molecular weight excluding hydrogens is 499 g/mol. The topological polar surface area (TPSA) is 59.1 Å². The smallest absolute Gasteiger partial charge is 0.263 e. The van der Waals surface area contributed by atoms with Gasteiger partial charge in [-0.05, 0) is 56.1 Å². The molecule has 0 radical (unpaired) electrons. The van der Waals surface area contributed by atoms with Crippen molar-refractivity contribution in [2.24, 2.45) is 0 Å². The Kier molecular flexibility index (Phi) is 5.12. The van der Waals surface area contributed by atoms with Crippen LogP contribution in [-0.4, -0.2) is 13.4 Å². The van der Waals surface area contributed by atoms with Gasteiger partial charge in [0.05, 0.1) is 5.69 Å². The third kappa shape index (κ3) is 3.73. The molecule has 2 aromatic rings. The van der Waals surface area contributed by atoms with Crippen molar-refractivity contribution in [2.75, 3.05) is 4.72 Å². The molecule has 0 aliphatic carbocycles. The predicted molar refractivity (Wildman–Crippen MR) is 89.6 cm³/mol. The van der Waals surface area contributed by atoms with Gasteiger partial charge in [-0.3, -0.25) is 4.72 Å². The van der Waals surface area contributed by atoms with E-state index in [1.807, 2.05) is 0 Å². The molecule has 0 aliphatic heterocycles. The summed E-state index contributed by atoms with van der Waals surface area (Å²) in [5.74, 6) is 0. The molecule has 4 nitrogen and oxygen atoms in total. The quantitative estimate of drug-likeness (QED) is 0.609. The summed E-state index contributed by atoms with van der Waals surface area (Å²) < 4.78 is 29.0. The van der Waals surface area contributed by atoms with E-state index < -0.39 is 10.0 Å². The fourth-order valence-corrected chi connectivity index (χ4v) is 5.23. The first-order chi connectivity index (χ1) is 9.29. The van der Waals surface area contributed by atoms with Crippen LogP contribution < -0.4 is 4.72 Å². The molecular formula is C11H6Br3ClN2O2S. The number of nitrogens with one attached hydrogen (secondary N) is 1. The van der Waals surface area contributed by atoms with Crippen LogP contribution in [0.4, 0.5) is 5.69 Å². The van der Waals surface area contributed by atoms with E-state index in [0.29, 0.717) is 14.6 Å². The number of halogens is 4. The van der Waals surface area contributed by atoms with Crippen molar-refractivity contribution in [3.8, 4) is 0 Å². The first-order valence-electron chi connectivity index (χ1n) is 5.08. The van der Waals surface area contributed by atoms with Crippen LogP contribution in [0.3, 0.4) is 0 Å². The highest BCUT2D eigenvalue weighted by molar-refractivity contribution is 9.11. The van der Waals surface area contributed by atoms with Crippen LogP contribution in [0.2, 0.25) is 5.15 Å². The maximum Gasteiger partial charge on any atom is 0.263 e. The molecule has 0 saturated carbocycles. The lowest BCUT2D eigenvalue weighted by Gasteiger charge is -2.12. The molecule has 0 bridgehead atoms. The summed E-state index contributed by atoms with van der Waals surface area (Å²) in [4.78, 5) is 3.79. The summed E-state index contributed by atoms with van der Waals surface area (Å²) in [6.07, 6.45) is 1.20. The second-order valence-corrected chi connectivity index (χ2v) is 8.36. The number of pyridine rings is 1. The average Bonchev–Trinajstić information content (AvgIpc) is 2.34. The second-order valence-electron chi connectivity index (χ2n) is 3.67. The van der Waals surface area contributed by atoms with Crippen LogP contribution in [-0.2, 0) is 10.0 Å². The maximum absolute atomic E-state index is 12.3. The summed E-state index contributed by atoms with van der Waals surface area (Å²) in [6, 6.07) is 6.28. The Bertz CT molecular complexity index is 728.